The first kappa shape index (κ1) is 6.49. The molecule has 2 unspecified atom stereocenters. The summed E-state index contributed by atoms with van der Waals surface area (Å²) in [6.07, 6.45) is 1.25. The molecule has 0 aliphatic carbocycles. The number of hydrogen-bond donors (Lipinski definition) is 0. The quantitative estimate of drug-likeness (QED) is 0.366. The molecule has 1 radical (unpaired) electrons. The highest BCUT2D eigenvalue weighted by atomic mass is 31.0. The molecule has 0 heterocycles. The van der Waals surface area contributed by atoms with E-state index in [0.29, 0.717) is 0 Å². The lowest BCUT2D eigenvalue weighted by molar-refractivity contribution is 0.878. The van der Waals surface area contributed by atoms with E-state index in [2.05, 4.69) is 30.0 Å². The predicted molar refractivity (Wildman–Crippen MR) is 35.2 cm³/mol. The second kappa shape index (κ2) is 3.68. The van der Waals surface area contributed by atoms with Crippen LogP contribution in [0.1, 0.15) is 20.3 Å². The smallest absolute Gasteiger partial charge is 0.141 e. The van der Waals surface area contributed by atoms with Gasteiger partial charge in [-0.3, -0.25) is 0 Å². The van der Waals surface area contributed by atoms with E-state index < -0.39 is 0 Å². The van der Waals surface area contributed by atoms with Gasteiger partial charge in [0.05, 0.1) is 0 Å². The molecule has 2 heteroatoms. The van der Waals surface area contributed by atoms with Gasteiger partial charge in [0.1, 0.15) is 7.00 Å². The first-order chi connectivity index (χ1) is 2.81. The lowest BCUT2D eigenvalue weighted by atomic mass is 9.86. The van der Waals surface area contributed by atoms with E-state index in [1.165, 1.54) is 6.42 Å². The summed E-state index contributed by atoms with van der Waals surface area (Å²) in [5.74, 6) is 0.773. The van der Waals surface area contributed by atoms with Gasteiger partial charge in [-0.25, -0.2) is 0 Å². The fourth-order valence-electron chi connectivity index (χ4n) is 0.136. The largest absolute Gasteiger partial charge is 0.178 e. The Morgan fingerprint density at radius 3 is 2.33 bits per heavy atom. The average molecular weight is 101 g/mol. The maximum absolute atomic E-state index is 2.61. The zero-order valence-corrected chi connectivity index (χ0v) is 5.59. The molecule has 0 aliphatic rings. The SMILES string of the molecule is CCC(C)[B]P. The maximum atomic E-state index is 2.61. The minimum absolute atomic E-state index is 0.773. The van der Waals surface area contributed by atoms with E-state index in [1.54, 1.807) is 0 Å². The molecule has 0 amide bonds. The minimum atomic E-state index is 0.773. The Balaban J connectivity index is 2.75. The van der Waals surface area contributed by atoms with E-state index in [0.717, 1.165) is 5.82 Å². The molecule has 0 aromatic heterocycles. The lowest BCUT2D eigenvalue weighted by Gasteiger charge is -1.96. The van der Waals surface area contributed by atoms with E-state index in [-0.39, 0.29) is 0 Å². The topological polar surface area (TPSA) is 0 Å². The van der Waals surface area contributed by atoms with Gasteiger partial charge >= 0.3 is 0 Å². The summed E-state index contributed by atoms with van der Waals surface area (Å²) in [7, 11) is 2.61. The normalized spacial score (nSPS) is 13.8. The molecule has 0 nitrogen and oxygen atoms in total. The van der Waals surface area contributed by atoms with Crippen molar-refractivity contribution in [3.63, 3.8) is 0 Å². The minimum Gasteiger partial charge on any atom is -0.178 e. The number of hydrogen-bond acceptors (Lipinski definition) is 0. The summed E-state index contributed by atoms with van der Waals surface area (Å²) in [5.41, 5.74) is 0. The summed E-state index contributed by atoms with van der Waals surface area (Å²) in [6, 6.07) is 0. The van der Waals surface area contributed by atoms with Crippen LogP contribution in [0.25, 0.3) is 0 Å². The molecular formula is C4H11BP. The molecule has 0 bridgehead atoms. The fourth-order valence-corrected chi connectivity index (χ4v) is 0.408. The van der Waals surface area contributed by atoms with Gasteiger partial charge in [0, 0.05) is 0 Å². The summed E-state index contributed by atoms with van der Waals surface area (Å²) >= 11 is 0. The molecule has 6 heavy (non-hydrogen) atoms. The van der Waals surface area contributed by atoms with E-state index >= 15 is 0 Å². The van der Waals surface area contributed by atoms with Crippen LogP contribution in [0, 0.1) is 0 Å². The second-order valence-electron chi connectivity index (χ2n) is 1.58. The zero-order valence-electron chi connectivity index (χ0n) is 4.44. The van der Waals surface area contributed by atoms with Crippen molar-refractivity contribution in [3.8, 4) is 0 Å². The Morgan fingerprint density at radius 2 is 2.33 bits per heavy atom. The van der Waals surface area contributed by atoms with Crippen LogP contribution in [0.4, 0.5) is 0 Å². The molecule has 0 fully saturated rings. The second-order valence-corrected chi connectivity index (χ2v) is 1.96. The molecule has 35 valence electrons. The molecule has 0 aromatic carbocycles. The Morgan fingerprint density at radius 1 is 1.83 bits per heavy atom. The van der Waals surface area contributed by atoms with Gasteiger partial charge in [-0.15, -0.1) is 0 Å². The fraction of sp³-hybridized carbons (Fsp3) is 1.00. The Hall–Kier alpha value is 0.495. The van der Waals surface area contributed by atoms with Crippen molar-refractivity contribution in [2.75, 3.05) is 0 Å². The van der Waals surface area contributed by atoms with Gasteiger partial charge in [-0.05, 0) is 0 Å². The summed E-state index contributed by atoms with van der Waals surface area (Å²) in [6.45, 7) is 6.53. The Labute approximate surface area is 43.1 Å². The third-order valence-electron chi connectivity index (χ3n) is 0.972. The molecule has 0 aromatic rings. The van der Waals surface area contributed by atoms with Crippen molar-refractivity contribution >= 4 is 16.1 Å². The van der Waals surface area contributed by atoms with Crippen LogP contribution in [-0.2, 0) is 0 Å². The molecule has 0 spiro atoms. The Kier molecular flexibility index (Phi) is 3.98. The lowest BCUT2D eigenvalue weighted by Crippen LogP contribution is -1.85. The standard InChI is InChI=1S/C4H11BP/c1-3-4(2)5-6/h4H,3,6H2,1-2H3. The third kappa shape index (κ3) is 2.72. The molecule has 0 saturated carbocycles. The van der Waals surface area contributed by atoms with Crippen LogP contribution in [0.2, 0.25) is 5.82 Å². The summed E-state index contributed by atoms with van der Waals surface area (Å²) in [4.78, 5) is 0. The molecule has 0 aliphatic heterocycles. The van der Waals surface area contributed by atoms with Gasteiger partial charge < -0.3 is 0 Å². The molecule has 0 rings (SSSR count). The van der Waals surface area contributed by atoms with Crippen LogP contribution in [0.3, 0.4) is 0 Å². The average Bonchev–Trinajstić information content (AvgIpc) is 1.65. The maximum Gasteiger partial charge on any atom is 0.141 e. The van der Waals surface area contributed by atoms with Crippen LogP contribution >= 0.6 is 9.12 Å². The van der Waals surface area contributed by atoms with Gasteiger partial charge in [-0.2, -0.15) is 9.12 Å². The van der Waals surface area contributed by atoms with E-state index in [9.17, 15) is 0 Å². The number of rotatable bonds is 2. The van der Waals surface area contributed by atoms with Crippen LogP contribution < -0.4 is 0 Å². The van der Waals surface area contributed by atoms with Gasteiger partial charge in [0.15, 0.2) is 0 Å². The highest BCUT2D eigenvalue weighted by Gasteiger charge is 1.91. The monoisotopic (exact) mass is 101 g/mol. The molecular weight excluding hydrogens is 89.8 g/mol. The summed E-state index contributed by atoms with van der Waals surface area (Å²) in [5, 5.41) is 0. The van der Waals surface area contributed by atoms with E-state index in [4.69, 9.17) is 0 Å². The molecule has 2 atom stereocenters. The first-order valence-corrected chi connectivity index (χ1v) is 3.03. The van der Waals surface area contributed by atoms with Crippen molar-refractivity contribution in [1.82, 2.24) is 0 Å². The van der Waals surface area contributed by atoms with Crippen molar-refractivity contribution in [1.29, 1.82) is 0 Å². The van der Waals surface area contributed by atoms with Crippen molar-refractivity contribution in [2.24, 2.45) is 0 Å². The van der Waals surface area contributed by atoms with Crippen molar-refractivity contribution < 1.29 is 0 Å². The van der Waals surface area contributed by atoms with Crippen LogP contribution in [-0.4, -0.2) is 7.00 Å². The Bertz CT molecular complexity index is 26.7. The molecule has 0 saturated heterocycles. The van der Waals surface area contributed by atoms with Crippen LogP contribution in [0.5, 0.6) is 0 Å². The van der Waals surface area contributed by atoms with E-state index in [1.807, 2.05) is 0 Å². The van der Waals surface area contributed by atoms with Crippen LogP contribution in [0.15, 0.2) is 0 Å². The van der Waals surface area contributed by atoms with Crippen molar-refractivity contribution in [3.05, 3.63) is 0 Å². The predicted octanol–water partition coefficient (Wildman–Crippen LogP) is 1.70. The first-order valence-electron chi connectivity index (χ1n) is 2.36. The zero-order chi connectivity index (χ0) is 4.99. The van der Waals surface area contributed by atoms with Crippen molar-refractivity contribution in [2.45, 2.75) is 26.1 Å². The highest BCUT2D eigenvalue weighted by molar-refractivity contribution is 7.55. The summed E-state index contributed by atoms with van der Waals surface area (Å²) < 4.78 is 0. The third-order valence-corrected chi connectivity index (χ3v) is 1.63. The highest BCUT2D eigenvalue weighted by Crippen LogP contribution is 2.07. The van der Waals surface area contributed by atoms with Gasteiger partial charge in [0.25, 0.3) is 0 Å². The molecule has 0 N–H and O–H groups in total. The van der Waals surface area contributed by atoms with Gasteiger partial charge in [0.2, 0.25) is 0 Å². The van der Waals surface area contributed by atoms with Gasteiger partial charge in [-0.1, -0.05) is 26.1 Å².